The lowest BCUT2D eigenvalue weighted by molar-refractivity contribution is 0.0298. The lowest BCUT2D eigenvalue weighted by Gasteiger charge is -2.46. The van der Waals surface area contributed by atoms with E-state index in [2.05, 4.69) is 47.7 Å². The highest BCUT2D eigenvalue weighted by atomic mass is 32.2. The van der Waals surface area contributed by atoms with Crippen LogP contribution in [0.4, 0.5) is 4.39 Å². The number of aryl methyl sites for hydroxylation is 1. The maximum atomic E-state index is 14.5. The number of aromatic amines is 1. The summed E-state index contributed by atoms with van der Waals surface area (Å²) in [7, 11) is -3.61. The Balaban J connectivity index is 1.17. The van der Waals surface area contributed by atoms with Gasteiger partial charge in [0.1, 0.15) is 16.5 Å². The number of benzene rings is 2. The summed E-state index contributed by atoms with van der Waals surface area (Å²) >= 11 is 0. The standard InChI is InChI=1S/C30H39FN4O2S/c1-18(2)35-23-6-7-24(35)17-25(16-23)34-11-9-20(10-12-34)22-13-19(3)29-27(15-22)32-30(33-29)21-5-8-28(26(31)14-21)38(4,36)37/h5,8,13-15,18,20,23-25H,6-7,9-12,16-17H2,1-4H3,(H,32,33). The first kappa shape index (κ1) is 26.0. The van der Waals surface area contributed by atoms with Crippen LogP contribution in [0.15, 0.2) is 35.2 Å². The zero-order valence-corrected chi connectivity index (χ0v) is 23.7. The van der Waals surface area contributed by atoms with Crippen LogP contribution in [0.1, 0.15) is 69.4 Å². The largest absolute Gasteiger partial charge is 0.338 e. The highest BCUT2D eigenvalue weighted by Crippen LogP contribution is 2.41. The molecule has 0 amide bonds. The van der Waals surface area contributed by atoms with Gasteiger partial charge in [-0.1, -0.05) is 6.07 Å². The number of sulfone groups is 1. The van der Waals surface area contributed by atoms with Crippen molar-refractivity contribution in [2.45, 2.75) is 94.3 Å². The second-order valence-electron chi connectivity index (χ2n) is 12.1. The van der Waals surface area contributed by atoms with Gasteiger partial charge in [0.25, 0.3) is 0 Å². The van der Waals surface area contributed by atoms with Crippen molar-refractivity contribution in [1.29, 1.82) is 0 Å². The lowest BCUT2D eigenvalue weighted by Crippen LogP contribution is -2.53. The molecular weight excluding hydrogens is 499 g/mol. The normalized spacial score (nSPS) is 25.6. The number of fused-ring (bicyclic) bond motifs is 3. The first-order valence-corrected chi connectivity index (χ1v) is 16.0. The average molecular weight is 539 g/mol. The number of hydrogen-bond acceptors (Lipinski definition) is 5. The molecule has 2 bridgehead atoms. The van der Waals surface area contributed by atoms with Crippen molar-refractivity contribution < 1.29 is 12.8 Å². The Bertz CT molecular complexity index is 1440. The van der Waals surface area contributed by atoms with Crippen LogP contribution in [0, 0.1) is 12.7 Å². The molecule has 0 spiro atoms. The zero-order chi connectivity index (χ0) is 26.8. The maximum Gasteiger partial charge on any atom is 0.178 e. The monoisotopic (exact) mass is 538 g/mol. The van der Waals surface area contributed by atoms with Gasteiger partial charge in [-0.25, -0.2) is 17.8 Å². The summed E-state index contributed by atoms with van der Waals surface area (Å²) in [6, 6.07) is 11.6. The number of H-pyrrole nitrogens is 1. The molecule has 0 aliphatic carbocycles. The molecular formula is C30H39FN4O2S. The van der Waals surface area contributed by atoms with Crippen molar-refractivity contribution in [2.75, 3.05) is 19.3 Å². The van der Waals surface area contributed by atoms with Crippen molar-refractivity contribution in [2.24, 2.45) is 0 Å². The molecule has 1 aromatic heterocycles. The van der Waals surface area contributed by atoms with E-state index in [0.717, 1.165) is 54.1 Å². The van der Waals surface area contributed by atoms with Crippen molar-refractivity contribution in [1.82, 2.24) is 19.8 Å². The summed E-state index contributed by atoms with van der Waals surface area (Å²) in [6.45, 7) is 9.11. The predicted molar refractivity (Wildman–Crippen MR) is 150 cm³/mol. The summed E-state index contributed by atoms with van der Waals surface area (Å²) in [5, 5.41) is 0. The number of hydrogen-bond donors (Lipinski definition) is 1. The number of aromatic nitrogens is 2. The first-order chi connectivity index (χ1) is 18.1. The third-order valence-electron chi connectivity index (χ3n) is 9.28. The molecule has 3 aliphatic heterocycles. The fraction of sp³-hybridized carbons (Fsp3) is 0.567. The molecule has 3 fully saturated rings. The van der Waals surface area contributed by atoms with E-state index in [-0.39, 0.29) is 4.90 Å². The molecule has 38 heavy (non-hydrogen) atoms. The Kier molecular flexibility index (Phi) is 6.64. The molecule has 8 heteroatoms. The molecule has 2 atom stereocenters. The third-order valence-corrected chi connectivity index (χ3v) is 10.4. The molecule has 6 rings (SSSR count). The molecule has 2 unspecified atom stereocenters. The summed E-state index contributed by atoms with van der Waals surface area (Å²) < 4.78 is 38.1. The van der Waals surface area contributed by atoms with E-state index in [4.69, 9.17) is 4.98 Å². The quantitative estimate of drug-likeness (QED) is 0.454. The molecule has 204 valence electrons. The highest BCUT2D eigenvalue weighted by Gasteiger charge is 2.43. The Hall–Kier alpha value is -2.29. The fourth-order valence-electron chi connectivity index (χ4n) is 7.56. The van der Waals surface area contributed by atoms with Crippen LogP contribution in [0.3, 0.4) is 0 Å². The van der Waals surface area contributed by atoms with Crippen molar-refractivity contribution in [3.8, 4) is 11.4 Å². The second-order valence-corrected chi connectivity index (χ2v) is 14.1. The van der Waals surface area contributed by atoms with Crippen molar-refractivity contribution >= 4 is 20.9 Å². The predicted octanol–water partition coefficient (Wildman–Crippen LogP) is 5.66. The molecule has 4 heterocycles. The summed E-state index contributed by atoms with van der Waals surface area (Å²) in [4.78, 5) is 13.4. The van der Waals surface area contributed by atoms with Gasteiger partial charge in [0.05, 0.1) is 11.0 Å². The van der Waals surface area contributed by atoms with Gasteiger partial charge >= 0.3 is 0 Å². The fourth-order valence-corrected chi connectivity index (χ4v) is 8.29. The number of halogens is 1. The maximum absolute atomic E-state index is 14.5. The topological polar surface area (TPSA) is 69.3 Å². The van der Waals surface area contributed by atoms with Gasteiger partial charge in [-0.15, -0.1) is 0 Å². The molecule has 6 nitrogen and oxygen atoms in total. The number of nitrogens with one attached hydrogen (secondary N) is 1. The van der Waals surface area contributed by atoms with Gasteiger partial charge in [-0.2, -0.15) is 0 Å². The average Bonchev–Trinajstić information content (AvgIpc) is 3.42. The van der Waals surface area contributed by atoms with Crippen molar-refractivity contribution in [3.05, 3.63) is 47.3 Å². The molecule has 1 N–H and O–H groups in total. The van der Waals surface area contributed by atoms with Crippen LogP contribution < -0.4 is 0 Å². The number of piperidine rings is 2. The molecule has 3 aromatic rings. The zero-order valence-electron chi connectivity index (χ0n) is 22.9. The minimum Gasteiger partial charge on any atom is -0.338 e. The van der Waals surface area contributed by atoms with Crippen LogP contribution in [-0.2, 0) is 9.84 Å². The van der Waals surface area contributed by atoms with Crippen LogP contribution in [-0.4, -0.2) is 71.7 Å². The van der Waals surface area contributed by atoms with Crippen LogP contribution in [0.2, 0.25) is 0 Å². The van der Waals surface area contributed by atoms with E-state index in [1.165, 1.54) is 56.2 Å². The minimum atomic E-state index is -3.61. The Labute approximate surface area is 225 Å². The number of rotatable bonds is 5. The second kappa shape index (κ2) is 9.72. The van der Waals surface area contributed by atoms with E-state index in [0.29, 0.717) is 23.3 Å². The smallest absolute Gasteiger partial charge is 0.178 e. The van der Waals surface area contributed by atoms with Crippen LogP contribution >= 0.6 is 0 Å². The van der Waals surface area contributed by atoms with Gasteiger partial charge in [-0.3, -0.25) is 4.90 Å². The van der Waals surface area contributed by atoms with Crippen LogP contribution in [0.25, 0.3) is 22.4 Å². The molecule has 3 aliphatic rings. The molecule has 3 saturated heterocycles. The summed E-state index contributed by atoms with van der Waals surface area (Å²) in [5.74, 6) is 0.328. The third kappa shape index (κ3) is 4.69. The van der Waals surface area contributed by atoms with E-state index in [1.807, 2.05) is 0 Å². The van der Waals surface area contributed by atoms with Gasteiger partial charge < -0.3 is 9.88 Å². The summed E-state index contributed by atoms with van der Waals surface area (Å²) in [5.41, 5.74) is 4.81. The first-order valence-electron chi connectivity index (χ1n) is 14.1. The van der Waals surface area contributed by atoms with E-state index >= 15 is 0 Å². The van der Waals surface area contributed by atoms with Crippen LogP contribution in [0.5, 0.6) is 0 Å². The van der Waals surface area contributed by atoms with Crippen molar-refractivity contribution in [3.63, 3.8) is 0 Å². The Morgan fingerprint density at radius 3 is 2.29 bits per heavy atom. The van der Waals surface area contributed by atoms with E-state index in [1.54, 1.807) is 6.07 Å². The summed E-state index contributed by atoms with van der Waals surface area (Å²) in [6.07, 6.45) is 8.75. The van der Waals surface area contributed by atoms with Gasteiger partial charge in [0, 0.05) is 36.0 Å². The minimum absolute atomic E-state index is 0.291. The molecule has 2 aromatic carbocycles. The SMILES string of the molecule is Cc1cc(C2CCN(C3CC4CCC(C3)N4C(C)C)CC2)cc2[nH]c(-c3ccc(S(C)(=O)=O)c(F)c3)nc12. The molecule has 0 radical (unpaired) electrons. The molecule has 0 saturated carbocycles. The van der Waals surface area contributed by atoms with Gasteiger partial charge in [0.2, 0.25) is 0 Å². The van der Waals surface area contributed by atoms with Gasteiger partial charge in [-0.05, 0) is 114 Å². The Morgan fingerprint density at radius 1 is 1.00 bits per heavy atom. The van der Waals surface area contributed by atoms with E-state index < -0.39 is 15.7 Å². The number of imidazole rings is 1. The lowest BCUT2D eigenvalue weighted by atomic mass is 9.86. The highest BCUT2D eigenvalue weighted by molar-refractivity contribution is 7.90. The Morgan fingerprint density at radius 2 is 1.68 bits per heavy atom. The number of likely N-dealkylation sites (tertiary alicyclic amines) is 1. The number of nitrogens with zero attached hydrogens (tertiary/aromatic N) is 3. The van der Waals surface area contributed by atoms with Gasteiger partial charge in [0.15, 0.2) is 9.84 Å². The van der Waals surface area contributed by atoms with E-state index in [9.17, 15) is 12.8 Å².